The molecule has 6 nitrogen and oxygen atoms in total. The van der Waals surface area contributed by atoms with Crippen molar-refractivity contribution in [1.82, 2.24) is 14.9 Å². The molecule has 120 valence electrons. The van der Waals surface area contributed by atoms with Crippen molar-refractivity contribution in [2.75, 3.05) is 26.7 Å². The fraction of sp³-hybridized carbons (Fsp3) is 0.714. The highest BCUT2D eigenvalue weighted by Crippen LogP contribution is 2.21. The van der Waals surface area contributed by atoms with Crippen LogP contribution in [0.4, 0.5) is 0 Å². The zero-order valence-corrected chi connectivity index (χ0v) is 13.8. The summed E-state index contributed by atoms with van der Waals surface area (Å²) in [5, 5.41) is 3.13. The minimum atomic E-state index is -3.50. The van der Waals surface area contributed by atoms with Gasteiger partial charge in [-0.25, -0.2) is 13.1 Å². The van der Waals surface area contributed by atoms with Crippen molar-refractivity contribution in [2.45, 2.75) is 44.2 Å². The summed E-state index contributed by atoms with van der Waals surface area (Å²) in [5.74, 6) is 1.10. The van der Waals surface area contributed by atoms with Crippen LogP contribution in [0.15, 0.2) is 15.4 Å². The molecule has 2 heterocycles. The molecule has 0 saturated carbocycles. The second-order valence-corrected chi connectivity index (χ2v) is 7.29. The van der Waals surface area contributed by atoms with E-state index in [1.807, 2.05) is 6.92 Å². The molecule has 0 aliphatic carbocycles. The number of nitrogens with zero attached hydrogens (tertiary/aromatic N) is 1. The highest BCUT2D eigenvalue weighted by Gasteiger charge is 2.26. The van der Waals surface area contributed by atoms with E-state index in [9.17, 15) is 8.42 Å². The van der Waals surface area contributed by atoms with Crippen LogP contribution >= 0.6 is 0 Å². The molecule has 1 saturated heterocycles. The molecular weight excluding hydrogens is 290 g/mol. The topological polar surface area (TPSA) is 74.6 Å². The number of sulfonamides is 1. The molecule has 7 heteroatoms. The first-order chi connectivity index (χ1) is 9.92. The van der Waals surface area contributed by atoms with Crippen molar-refractivity contribution in [1.29, 1.82) is 0 Å². The number of nitrogens with one attached hydrogen (secondary N) is 2. The highest BCUT2D eigenvalue weighted by atomic mass is 32.2. The minimum Gasteiger partial charge on any atom is -0.464 e. The third-order valence-electron chi connectivity index (χ3n) is 3.80. The Labute approximate surface area is 126 Å². The van der Waals surface area contributed by atoms with Crippen LogP contribution in [0.25, 0.3) is 0 Å². The second kappa shape index (κ2) is 6.91. The van der Waals surface area contributed by atoms with Gasteiger partial charge in [-0.05, 0) is 46.4 Å². The highest BCUT2D eigenvalue weighted by molar-refractivity contribution is 7.89. The molecule has 0 radical (unpaired) electrons. The van der Waals surface area contributed by atoms with E-state index in [1.54, 1.807) is 13.0 Å². The average molecular weight is 315 g/mol. The van der Waals surface area contributed by atoms with Crippen LogP contribution in [0, 0.1) is 6.92 Å². The lowest BCUT2D eigenvalue weighted by Gasteiger charge is -2.29. The maximum atomic E-state index is 12.5. The van der Waals surface area contributed by atoms with Crippen LogP contribution in [0.2, 0.25) is 0 Å². The lowest BCUT2D eigenvalue weighted by Crippen LogP contribution is -2.43. The zero-order chi connectivity index (χ0) is 15.5. The quantitative estimate of drug-likeness (QED) is 0.821. The fourth-order valence-corrected chi connectivity index (χ4v) is 4.04. The second-order valence-electron chi connectivity index (χ2n) is 5.61. The minimum absolute atomic E-state index is 0.0118. The summed E-state index contributed by atoms with van der Waals surface area (Å²) >= 11 is 0. The first-order valence-electron chi connectivity index (χ1n) is 7.43. The molecule has 0 amide bonds. The van der Waals surface area contributed by atoms with Crippen molar-refractivity contribution >= 4 is 10.0 Å². The van der Waals surface area contributed by atoms with E-state index in [0.717, 1.165) is 32.5 Å². The molecule has 1 aromatic rings. The maximum Gasteiger partial charge on any atom is 0.244 e. The largest absolute Gasteiger partial charge is 0.464 e. The maximum absolute atomic E-state index is 12.5. The van der Waals surface area contributed by atoms with Crippen molar-refractivity contribution in [2.24, 2.45) is 0 Å². The summed E-state index contributed by atoms with van der Waals surface area (Å²) in [6.07, 6.45) is 1.69. The van der Waals surface area contributed by atoms with Crippen molar-refractivity contribution in [3.8, 4) is 0 Å². The number of aryl methyl sites for hydroxylation is 1. The summed E-state index contributed by atoms with van der Waals surface area (Å²) in [6.45, 7) is 6.89. The standard InChI is InChI=1S/C14H25N3O3S/c1-4-15-10-13-9-14(11(2)20-13)21(18,19)16-12-5-7-17(3)8-6-12/h9,12,15-16H,4-8,10H2,1-3H3. The van der Waals surface area contributed by atoms with E-state index in [1.165, 1.54) is 0 Å². The predicted molar refractivity (Wildman–Crippen MR) is 81.7 cm³/mol. The average Bonchev–Trinajstić information content (AvgIpc) is 2.81. The Morgan fingerprint density at radius 3 is 2.67 bits per heavy atom. The van der Waals surface area contributed by atoms with Gasteiger partial charge in [-0.15, -0.1) is 0 Å². The molecule has 1 aliphatic heterocycles. The van der Waals surface area contributed by atoms with Crippen LogP contribution in [0.3, 0.4) is 0 Å². The van der Waals surface area contributed by atoms with Gasteiger partial charge < -0.3 is 14.6 Å². The summed E-state index contributed by atoms with van der Waals surface area (Å²) in [6, 6.07) is 1.63. The molecule has 2 rings (SSSR count). The van der Waals surface area contributed by atoms with Gasteiger partial charge >= 0.3 is 0 Å². The Kier molecular flexibility index (Phi) is 5.43. The normalized spacial score (nSPS) is 18.2. The van der Waals surface area contributed by atoms with E-state index < -0.39 is 10.0 Å². The molecule has 1 aromatic heterocycles. The Morgan fingerprint density at radius 2 is 2.05 bits per heavy atom. The molecule has 0 spiro atoms. The van der Waals surface area contributed by atoms with Crippen LogP contribution in [-0.2, 0) is 16.6 Å². The van der Waals surface area contributed by atoms with Gasteiger partial charge in [-0.3, -0.25) is 0 Å². The monoisotopic (exact) mass is 315 g/mol. The van der Waals surface area contributed by atoms with Crippen molar-refractivity contribution in [3.05, 3.63) is 17.6 Å². The number of piperidine rings is 1. The molecule has 21 heavy (non-hydrogen) atoms. The van der Waals surface area contributed by atoms with Gasteiger partial charge in [0.25, 0.3) is 0 Å². The van der Waals surface area contributed by atoms with Crippen LogP contribution in [-0.4, -0.2) is 46.0 Å². The Balaban J connectivity index is 2.06. The van der Waals surface area contributed by atoms with Gasteiger partial charge in [0, 0.05) is 12.1 Å². The van der Waals surface area contributed by atoms with E-state index in [4.69, 9.17) is 4.42 Å². The van der Waals surface area contributed by atoms with Gasteiger partial charge in [0.05, 0.1) is 6.54 Å². The molecule has 0 unspecified atom stereocenters. The lowest BCUT2D eigenvalue weighted by molar-refractivity contribution is 0.248. The van der Waals surface area contributed by atoms with Crippen LogP contribution in [0.5, 0.6) is 0 Å². The molecule has 0 atom stereocenters. The van der Waals surface area contributed by atoms with Gasteiger partial charge in [-0.1, -0.05) is 6.92 Å². The number of rotatable bonds is 6. The lowest BCUT2D eigenvalue weighted by atomic mass is 10.1. The first-order valence-corrected chi connectivity index (χ1v) is 8.91. The molecule has 1 fully saturated rings. The summed E-state index contributed by atoms with van der Waals surface area (Å²) in [5.41, 5.74) is 0. The van der Waals surface area contributed by atoms with Crippen LogP contribution in [0.1, 0.15) is 31.3 Å². The number of hydrogen-bond donors (Lipinski definition) is 2. The summed E-state index contributed by atoms with van der Waals surface area (Å²) < 4.78 is 33.3. The van der Waals surface area contributed by atoms with E-state index in [-0.39, 0.29) is 10.9 Å². The molecule has 1 aliphatic rings. The van der Waals surface area contributed by atoms with Crippen LogP contribution < -0.4 is 10.0 Å². The van der Waals surface area contributed by atoms with Gasteiger partial charge in [0.15, 0.2) is 0 Å². The van der Waals surface area contributed by atoms with Crippen molar-refractivity contribution in [3.63, 3.8) is 0 Å². The fourth-order valence-electron chi connectivity index (χ4n) is 2.54. The van der Waals surface area contributed by atoms with Gasteiger partial charge in [0.2, 0.25) is 10.0 Å². The Morgan fingerprint density at radius 1 is 1.38 bits per heavy atom. The molecule has 0 aromatic carbocycles. The number of furan rings is 1. The smallest absolute Gasteiger partial charge is 0.244 e. The Bertz CT molecular complexity index is 560. The molecule has 2 N–H and O–H groups in total. The first kappa shape index (κ1) is 16.5. The predicted octanol–water partition coefficient (Wildman–Crippen LogP) is 1.07. The van der Waals surface area contributed by atoms with E-state index >= 15 is 0 Å². The van der Waals surface area contributed by atoms with Gasteiger partial charge in [0.1, 0.15) is 16.4 Å². The summed E-state index contributed by atoms with van der Waals surface area (Å²) in [7, 11) is -1.45. The van der Waals surface area contributed by atoms with E-state index in [2.05, 4.69) is 22.0 Å². The third kappa shape index (κ3) is 4.29. The summed E-state index contributed by atoms with van der Waals surface area (Å²) in [4.78, 5) is 2.47. The molecular formula is C14H25N3O3S. The third-order valence-corrected chi connectivity index (χ3v) is 5.43. The van der Waals surface area contributed by atoms with E-state index in [0.29, 0.717) is 18.1 Å². The zero-order valence-electron chi connectivity index (χ0n) is 13.0. The number of likely N-dealkylation sites (tertiary alicyclic amines) is 1. The Hall–Kier alpha value is -0.890. The van der Waals surface area contributed by atoms with Gasteiger partial charge in [-0.2, -0.15) is 0 Å². The van der Waals surface area contributed by atoms with Crippen molar-refractivity contribution < 1.29 is 12.8 Å². The number of hydrogen-bond acceptors (Lipinski definition) is 5. The SMILES string of the molecule is CCNCc1cc(S(=O)(=O)NC2CCN(C)CC2)c(C)o1. The molecule has 0 bridgehead atoms.